The van der Waals surface area contributed by atoms with Crippen LogP contribution in [0.5, 0.6) is 0 Å². The van der Waals surface area contributed by atoms with Crippen molar-refractivity contribution < 1.29 is 9.76 Å². The van der Waals surface area contributed by atoms with Gasteiger partial charge in [0.25, 0.3) is 0 Å². The molecule has 0 aromatic heterocycles. The number of fused-ring (bicyclic) bond motifs is 3. The molecule has 7 aromatic carbocycles. The summed E-state index contributed by atoms with van der Waals surface area (Å²) in [6.07, 6.45) is 0. The number of hydrogen-bond donors (Lipinski definition) is 1. The Morgan fingerprint density at radius 3 is 1.42 bits per heavy atom. The topological polar surface area (TPSA) is 32.7 Å². The van der Waals surface area contributed by atoms with Crippen LogP contribution in [0.2, 0.25) is 0 Å². The van der Waals surface area contributed by atoms with Gasteiger partial charge < -0.3 is 14.7 Å². The Hall–Kier alpha value is -5.68. The van der Waals surface area contributed by atoms with Gasteiger partial charge in [0.05, 0.1) is 11.2 Å². The molecule has 272 valence electrons. The van der Waals surface area contributed by atoms with E-state index in [0.717, 1.165) is 33.7 Å². The normalized spacial score (nSPS) is 13.2. The highest BCUT2D eigenvalue weighted by atomic mass is 16.5. The average molecular weight is 718 g/mol. The van der Waals surface area contributed by atoms with Crippen LogP contribution in [0.3, 0.4) is 0 Å². The lowest BCUT2D eigenvalue weighted by Gasteiger charge is -2.37. The maximum atomic E-state index is 10.4. The summed E-state index contributed by atoms with van der Waals surface area (Å²) in [5.74, 6) is 0. The standard InChI is InChI=1S/C51H48BNO2/c1-49(2)47-15-11-10-14-45(47)46-33-32-44(34-48(46)49)53(42-28-22-39(23-29-42)35-12-8-7-9-13-35)43-30-24-40(25-31-43)37-18-16-36(17-19-37)38-20-26-41(27-21-38)52-55-51(5,6)50(3,4)54/h7-34,52,54H,1-6H3. The molecule has 8 rings (SSSR count). The third-order valence-electron chi connectivity index (χ3n) is 11.8. The summed E-state index contributed by atoms with van der Waals surface area (Å²) in [5, 5.41) is 10.4. The summed E-state index contributed by atoms with van der Waals surface area (Å²) in [6, 6.07) is 61.5. The summed E-state index contributed by atoms with van der Waals surface area (Å²) in [5.41, 5.74) is 15.2. The molecule has 0 radical (unpaired) electrons. The minimum Gasteiger partial charge on any atom is -0.427 e. The second-order valence-corrected chi connectivity index (χ2v) is 16.3. The van der Waals surface area contributed by atoms with Gasteiger partial charge in [-0.15, -0.1) is 0 Å². The fraction of sp³-hybridized carbons (Fsp3) is 0.176. The van der Waals surface area contributed by atoms with E-state index in [-0.39, 0.29) is 5.41 Å². The molecule has 0 spiro atoms. The Kier molecular flexibility index (Phi) is 9.37. The highest BCUT2D eigenvalue weighted by molar-refractivity contribution is 6.47. The monoisotopic (exact) mass is 717 g/mol. The zero-order valence-corrected chi connectivity index (χ0v) is 32.7. The van der Waals surface area contributed by atoms with Crippen LogP contribution in [0.25, 0.3) is 44.5 Å². The van der Waals surface area contributed by atoms with Crippen LogP contribution < -0.4 is 10.4 Å². The fourth-order valence-corrected chi connectivity index (χ4v) is 7.60. The minimum atomic E-state index is -0.934. The van der Waals surface area contributed by atoms with Crippen molar-refractivity contribution in [3.8, 4) is 44.5 Å². The zero-order valence-electron chi connectivity index (χ0n) is 32.7. The quantitative estimate of drug-likeness (QED) is 0.143. The third kappa shape index (κ3) is 7.05. The van der Waals surface area contributed by atoms with Crippen LogP contribution in [0, 0.1) is 0 Å². The van der Waals surface area contributed by atoms with Crippen LogP contribution in [-0.2, 0) is 10.1 Å². The van der Waals surface area contributed by atoms with E-state index in [9.17, 15) is 5.11 Å². The molecule has 0 unspecified atom stereocenters. The first-order valence-corrected chi connectivity index (χ1v) is 19.3. The molecule has 0 atom stereocenters. The molecule has 7 aromatic rings. The number of anilines is 3. The van der Waals surface area contributed by atoms with Crippen molar-refractivity contribution >= 4 is 30.0 Å². The highest BCUT2D eigenvalue weighted by Crippen LogP contribution is 2.50. The molecule has 0 amide bonds. The number of nitrogens with zero attached hydrogens (tertiary/aromatic N) is 1. The summed E-state index contributed by atoms with van der Waals surface area (Å²) < 4.78 is 6.07. The van der Waals surface area contributed by atoms with Gasteiger partial charge in [0.1, 0.15) is 0 Å². The SMILES string of the molecule is CC1(C)c2ccccc2-c2ccc(N(c3ccc(-c4ccccc4)cc3)c3ccc(-c4ccc(-c5ccc(BOC(C)(C)C(C)(C)O)cc5)cc4)cc3)cc21. The molecular weight excluding hydrogens is 669 g/mol. The van der Waals surface area contributed by atoms with Crippen molar-refractivity contribution in [1.82, 2.24) is 0 Å². The summed E-state index contributed by atoms with van der Waals surface area (Å²) in [7, 11) is 0.446. The van der Waals surface area contributed by atoms with Gasteiger partial charge in [-0.05, 0) is 120 Å². The minimum absolute atomic E-state index is 0.0911. The van der Waals surface area contributed by atoms with Crippen LogP contribution in [0.1, 0.15) is 52.7 Å². The van der Waals surface area contributed by atoms with Crippen molar-refractivity contribution in [2.24, 2.45) is 0 Å². The van der Waals surface area contributed by atoms with Gasteiger partial charge in [0, 0.05) is 22.5 Å². The van der Waals surface area contributed by atoms with Crippen molar-refractivity contribution in [2.45, 2.75) is 58.2 Å². The lowest BCUT2D eigenvalue weighted by Crippen LogP contribution is -2.49. The van der Waals surface area contributed by atoms with E-state index in [4.69, 9.17) is 4.65 Å². The number of hydrogen-bond acceptors (Lipinski definition) is 3. The van der Waals surface area contributed by atoms with Crippen LogP contribution in [-0.4, -0.2) is 23.8 Å². The molecule has 0 saturated carbocycles. The van der Waals surface area contributed by atoms with Crippen molar-refractivity contribution in [1.29, 1.82) is 0 Å². The summed E-state index contributed by atoms with van der Waals surface area (Å²) >= 11 is 0. The van der Waals surface area contributed by atoms with Crippen molar-refractivity contribution in [2.75, 3.05) is 4.90 Å². The molecule has 3 nitrogen and oxygen atoms in total. The summed E-state index contributed by atoms with van der Waals surface area (Å²) in [6.45, 7) is 12.1. The highest BCUT2D eigenvalue weighted by Gasteiger charge is 2.36. The fourth-order valence-electron chi connectivity index (χ4n) is 7.60. The van der Waals surface area contributed by atoms with E-state index in [1.807, 2.05) is 13.8 Å². The van der Waals surface area contributed by atoms with E-state index in [1.165, 1.54) is 44.5 Å². The Balaban J connectivity index is 1.07. The second kappa shape index (κ2) is 14.2. The number of rotatable bonds is 10. The van der Waals surface area contributed by atoms with Gasteiger partial charge in [-0.25, -0.2) is 0 Å². The van der Waals surface area contributed by atoms with Crippen molar-refractivity contribution in [3.63, 3.8) is 0 Å². The first-order chi connectivity index (χ1) is 26.4. The molecule has 0 aliphatic heterocycles. The molecule has 4 heteroatoms. The molecule has 0 saturated heterocycles. The van der Waals surface area contributed by atoms with Gasteiger partial charge in [-0.2, -0.15) is 0 Å². The van der Waals surface area contributed by atoms with Gasteiger partial charge in [0.15, 0.2) is 0 Å². The van der Waals surface area contributed by atoms with Crippen LogP contribution in [0.15, 0.2) is 170 Å². The molecule has 0 bridgehead atoms. The molecule has 55 heavy (non-hydrogen) atoms. The maximum absolute atomic E-state index is 10.4. The lowest BCUT2D eigenvalue weighted by atomic mass is 9.82. The molecule has 0 fully saturated rings. The Morgan fingerprint density at radius 2 is 0.891 bits per heavy atom. The average Bonchev–Trinajstić information content (AvgIpc) is 3.43. The maximum Gasteiger partial charge on any atom is 0.309 e. The summed E-state index contributed by atoms with van der Waals surface area (Å²) in [4.78, 5) is 2.38. The predicted molar refractivity (Wildman–Crippen MR) is 233 cm³/mol. The first-order valence-electron chi connectivity index (χ1n) is 19.3. The van der Waals surface area contributed by atoms with E-state index in [2.05, 4.69) is 189 Å². The smallest absolute Gasteiger partial charge is 0.309 e. The number of aliphatic hydroxyl groups is 1. The van der Waals surface area contributed by atoms with E-state index in [1.54, 1.807) is 13.8 Å². The van der Waals surface area contributed by atoms with Crippen LogP contribution >= 0.6 is 0 Å². The third-order valence-corrected chi connectivity index (χ3v) is 11.8. The van der Waals surface area contributed by atoms with Crippen LogP contribution in [0.4, 0.5) is 17.1 Å². The molecule has 1 aliphatic carbocycles. The predicted octanol–water partition coefficient (Wildman–Crippen LogP) is 12.0. The van der Waals surface area contributed by atoms with Crippen molar-refractivity contribution in [3.05, 3.63) is 181 Å². The van der Waals surface area contributed by atoms with Gasteiger partial charge in [-0.1, -0.05) is 153 Å². The van der Waals surface area contributed by atoms with E-state index < -0.39 is 11.2 Å². The molecule has 1 N–H and O–H groups in total. The zero-order chi connectivity index (χ0) is 38.4. The van der Waals surface area contributed by atoms with Gasteiger partial charge in [-0.3, -0.25) is 0 Å². The second-order valence-electron chi connectivity index (χ2n) is 16.3. The van der Waals surface area contributed by atoms with Gasteiger partial charge >= 0.3 is 7.48 Å². The van der Waals surface area contributed by atoms with Gasteiger partial charge in [0.2, 0.25) is 0 Å². The largest absolute Gasteiger partial charge is 0.427 e. The Morgan fingerprint density at radius 1 is 0.473 bits per heavy atom. The Labute approximate surface area is 327 Å². The molecule has 1 aliphatic rings. The first kappa shape index (κ1) is 36.3. The lowest BCUT2D eigenvalue weighted by molar-refractivity contribution is -0.0893. The molecule has 0 heterocycles. The molecular formula is C51H48BNO2. The Bertz CT molecular complexity index is 2430. The number of benzene rings is 7. The van der Waals surface area contributed by atoms with E-state index >= 15 is 0 Å². The van der Waals surface area contributed by atoms with E-state index in [0.29, 0.717) is 7.48 Å².